The average molecular weight is 218 g/mol. The van der Waals surface area contributed by atoms with Gasteiger partial charge in [0.05, 0.1) is 0 Å². The second-order valence-electron chi connectivity index (χ2n) is 2.67. The van der Waals surface area contributed by atoms with Crippen LogP contribution in [-0.4, -0.2) is 59.5 Å². The van der Waals surface area contributed by atoms with Crippen molar-refractivity contribution in [3.8, 4) is 0 Å². The molecule has 0 aliphatic heterocycles. The van der Waals surface area contributed by atoms with Crippen molar-refractivity contribution in [2.45, 2.75) is 37.6 Å². The maximum atomic E-state index is 8.93. The second kappa shape index (κ2) is 6.22. The summed E-state index contributed by atoms with van der Waals surface area (Å²) in [5.41, 5.74) is 0. The molecular formula is C6H18O8. The molecule has 0 saturated heterocycles. The topological polar surface area (TPSA) is 184 Å². The number of hydrogen-bond acceptors (Lipinski definition) is 6. The van der Waals surface area contributed by atoms with Crippen molar-refractivity contribution < 1.29 is 41.6 Å². The first kappa shape index (κ1) is 19.3. The maximum absolute atomic E-state index is 8.93. The summed E-state index contributed by atoms with van der Waals surface area (Å²) in [5, 5.41) is 51.7. The van der Waals surface area contributed by atoms with Gasteiger partial charge in [0.1, 0.15) is 6.10 Å². The van der Waals surface area contributed by atoms with Gasteiger partial charge in [-0.15, -0.1) is 0 Å². The van der Waals surface area contributed by atoms with E-state index in [0.717, 1.165) is 0 Å². The van der Waals surface area contributed by atoms with E-state index in [1.807, 2.05) is 0 Å². The van der Waals surface area contributed by atoms with Crippen LogP contribution in [0.3, 0.4) is 0 Å². The van der Waals surface area contributed by atoms with Gasteiger partial charge in [-0.1, -0.05) is 13.3 Å². The van der Waals surface area contributed by atoms with E-state index in [4.69, 9.17) is 30.6 Å². The van der Waals surface area contributed by atoms with E-state index in [2.05, 4.69) is 0 Å². The summed E-state index contributed by atoms with van der Waals surface area (Å²) in [4.78, 5) is 0. The van der Waals surface area contributed by atoms with Crippen LogP contribution in [0.25, 0.3) is 0 Å². The molecule has 0 bridgehead atoms. The van der Waals surface area contributed by atoms with Crippen LogP contribution in [0.4, 0.5) is 0 Å². The fourth-order valence-electron chi connectivity index (χ4n) is 0.698. The molecule has 8 heteroatoms. The van der Waals surface area contributed by atoms with E-state index < -0.39 is 17.9 Å². The summed E-state index contributed by atoms with van der Waals surface area (Å²) in [6, 6.07) is 0. The zero-order valence-corrected chi connectivity index (χ0v) is 7.67. The van der Waals surface area contributed by atoms with Gasteiger partial charge < -0.3 is 41.6 Å². The lowest BCUT2D eigenvalue weighted by Crippen LogP contribution is -2.61. The molecule has 0 aliphatic carbocycles. The van der Waals surface area contributed by atoms with Gasteiger partial charge in [-0.25, -0.2) is 0 Å². The van der Waals surface area contributed by atoms with Gasteiger partial charge in [0, 0.05) is 0 Å². The highest BCUT2D eigenvalue weighted by Gasteiger charge is 2.51. The minimum Gasteiger partial charge on any atom is -0.412 e. The second-order valence-corrected chi connectivity index (χ2v) is 2.67. The lowest BCUT2D eigenvalue weighted by molar-refractivity contribution is -0.464. The van der Waals surface area contributed by atoms with E-state index in [0.29, 0.717) is 6.42 Å². The smallest absolute Gasteiger partial charge is 0.335 e. The third kappa shape index (κ3) is 4.26. The van der Waals surface area contributed by atoms with Crippen LogP contribution >= 0.6 is 0 Å². The van der Waals surface area contributed by atoms with Crippen molar-refractivity contribution in [1.82, 2.24) is 0 Å². The van der Waals surface area contributed by atoms with Gasteiger partial charge in [-0.3, -0.25) is 0 Å². The fraction of sp³-hybridized carbons (Fsp3) is 1.00. The summed E-state index contributed by atoms with van der Waals surface area (Å²) in [6.07, 6.45) is -1.49. The zero-order valence-electron chi connectivity index (χ0n) is 7.67. The minimum absolute atomic E-state index is 0. The van der Waals surface area contributed by atoms with Crippen LogP contribution in [0, 0.1) is 0 Å². The Morgan fingerprint density at radius 2 is 1.36 bits per heavy atom. The van der Waals surface area contributed by atoms with Crippen LogP contribution in [0.5, 0.6) is 0 Å². The Morgan fingerprint density at radius 1 is 1.00 bits per heavy atom. The molecule has 0 aromatic carbocycles. The molecule has 0 fully saturated rings. The van der Waals surface area contributed by atoms with Crippen molar-refractivity contribution >= 4 is 0 Å². The molecule has 14 heavy (non-hydrogen) atoms. The van der Waals surface area contributed by atoms with Gasteiger partial charge >= 0.3 is 5.97 Å². The van der Waals surface area contributed by atoms with Gasteiger partial charge in [-0.05, 0) is 6.42 Å². The predicted molar refractivity (Wildman–Crippen MR) is 44.7 cm³/mol. The number of aliphatic hydroxyl groups is 6. The highest BCUT2D eigenvalue weighted by molar-refractivity contribution is 4.80. The monoisotopic (exact) mass is 218 g/mol. The van der Waals surface area contributed by atoms with Gasteiger partial charge in [0.25, 0.3) is 5.79 Å². The van der Waals surface area contributed by atoms with Crippen LogP contribution in [-0.2, 0) is 0 Å². The van der Waals surface area contributed by atoms with E-state index in [1.54, 1.807) is 6.92 Å². The highest BCUT2D eigenvalue weighted by Crippen LogP contribution is 2.21. The van der Waals surface area contributed by atoms with Gasteiger partial charge in [-0.2, -0.15) is 0 Å². The summed E-state index contributed by atoms with van der Waals surface area (Å²) in [5.74, 6) is -7.05. The molecule has 0 heterocycles. The SMILES string of the molecule is CCCC(O)C(O)(O)C(O)(O)O.O.O. The van der Waals surface area contributed by atoms with E-state index in [9.17, 15) is 0 Å². The van der Waals surface area contributed by atoms with E-state index in [-0.39, 0.29) is 17.4 Å². The van der Waals surface area contributed by atoms with Crippen LogP contribution in [0.15, 0.2) is 0 Å². The van der Waals surface area contributed by atoms with Crippen molar-refractivity contribution in [2.75, 3.05) is 0 Å². The Hall–Kier alpha value is -0.320. The quantitative estimate of drug-likeness (QED) is 0.260. The molecular weight excluding hydrogens is 200 g/mol. The number of rotatable bonds is 4. The Kier molecular flexibility index (Phi) is 8.56. The Morgan fingerprint density at radius 3 is 1.57 bits per heavy atom. The van der Waals surface area contributed by atoms with E-state index >= 15 is 0 Å². The third-order valence-electron chi connectivity index (χ3n) is 1.52. The first-order chi connectivity index (χ1) is 5.23. The van der Waals surface area contributed by atoms with Crippen molar-refractivity contribution in [2.24, 2.45) is 0 Å². The molecule has 90 valence electrons. The number of hydrogen-bond donors (Lipinski definition) is 6. The molecule has 1 atom stereocenters. The van der Waals surface area contributed by atoms with Crippen LogP contribution < -0.4 is 0 Å². The molecule has 0 amide bonds. The maximum Gasteiger partial charge on any atom is 0.335 e. The van der Waals surface area contributed by atoms with Crippen molar-refractivity contribution in [3.63, 3.8) is 0 Å². The molecule has 0 spiro atoms. The van der Waals surface area contributed by atoms with E-state index in [1.165, 1.54) is 0 Å². The fourth-order valence-corrected chi connectivity index (χ4v) is 0.698. The van der Waals surface area contributed by atoms with Crippen molar-refractivity contribution in [1.29, 1.82) is 0 Å². The molecule has 0 radical (unpaired) electrons. The van der Waals surface area contributed by atoms with Crippen LogP contribution in [0.1, 0.15) is 19.8 Å². The standard InChI is InChI=1S/C6H14O6.2H2O/c1-2-3-4(7)5(8,9)6(10,11)12;;/h4,7-12H,2-3H2,1H3;2*1H2. The summed E-state index contributed by atoms with van der Waals surface area (Å²) in [6.45, 7) is 1.65. The molecule has 10 N–H and O–H groups in total. The lowest BCUT2D eigenvalue weighted by Gasteiger charge is -2.33. The molecule has 1 unspecified atom stereocenters. The largest absolute Gasteiger partial charge is 0.412 e. The van der Waals surface area contributed by atoms with Gasteiger partial charge in [0.15, 0.2) is 0 Å². The first-order valence-electron chi connectivity index (χ1n) is 3.53. The summed E-state index contributed by atoms with van der Waals surface area (Å²) >= 11 is 0. The minimum atomic E-state index is -3.72. The molecule has 0 aliphatic rings. The highest BCUT2D eigenvalue weighted by atomic mass is 16.7. The normalized spacial score (nSPS) is 13.9. The lowest BCUT2D eigenvalue weighted by atomic mass is 10.0. The molecule has 0 aromatic rings. The average Bonchev–Trinajstić information content (AvgIpc) is 1.85. The summed E-state index contributed by atoms with van der Waals surface area (Å²) < 4.78 is 0. The molecule has 0 saturated carbocycles. The molecule has 8 nitrogen and oxygen atoms in total. The van der Waals surface area contributed by atoms with Gasteiger partial charge in [0.2, 0.25) is 0 Å². The predicted octanol–water partition coefficient (Wildman–Crippen LogP) is -4.19. The van der Waals surface area contributed by atoms with Crippen LogP contribution in [0.2, 0.25) is 0 Å². The Bertz CT molecular complexity index is 139. The Labute approximate surface area is 80.3 Å². The third-order valence-corrected chi connectivity index (χ3v) is 1.52. The molecule has 0 rings (SSSR count). The molecule has 0 aromatic heterocycles. The van der Waals surface area contributed by atoms with Crippen molar-refractivity contribution in [3.05, 3.63) is 0 Å². The first-order valence-corrected chi connectivity index (χ1v) is 3.53. The summed E-state index contributed by atoms with van der Waals surface area (Å²) in [7, 11) is 0. The zero-order chi connectivity index (χ0) is 9.99. The number of aliphatic hydroxyl groups excluding tert-OH is 1. The Balaban J connectivity index is -0.000000605.